The fourth-order valence-electron chi connectivity index (χ4n) is 3.57. The second kappa shape index (κ2) is 8.49. The largest absolute Gasteiger partial charge is 0.389 e. The lowest BCUT2D eigenvalue weighted by atomic mass is 9.97. The van der Waals surface area contributed by atoms with Crippen LogP contribution in [0, 0.1) is 0 Å². The van der Waals surface area contributed by atoms with Gasteiger partial charge in [0.2, 0.25) is 0 Å². The average Bonchev–Trinajstić information content (AvgIpc) is 3.01. The number of β-amino-alcohol motifs (C(OH)–C–C–N with tert-alkyl or cyclic N) is 1. The molecule has 7 heteroatoms. The van der Waals surface area contributed by atoms with Gasteiger partial charge in [0.1, 0.15) is 5.69 Å². The van der Waals surface area contributed by atoms with Crippen LogP contribution >= 0.6 is 0 Å². The summed E-state index contributed by atoms with van der Waals surface area (Å²) in [4.78, 5) is 26.9. The predicted molar refractivity (Wildman–Crippen MR) is 97.9 cm³/mol. The van der Waals surface area contributed by atoms with Crippen LogP contribution in [0.1, 0.15) is 66.4 Å². The first-order valence-corrected chi connectivity index (χ1v) is 9.59. The Bertz CT molecular complexity index is 695. The number of rotatable bonds is 6. The first-order chi connectivity index (χ1) is 12.6. The highest BCUT2D eigenvalue weighted by atomic mass is 16.3. The molecular weight excluding hydrogens is 332 g/mol. The maximum absolute atomic E-state index is 12.9. The number of aromatic nitrogens is 2. The summed E-state index contributed by atoms with van der Waals surface area (Å²) in [6, 6.07) is 1.54. The maximum atomic E-state index is 12.9. The summed E-state index contributed by atoms with van der Waals surface area (Å²) in [5.74, 6) is -0.450. The van der Waals surface area contributed by atoms with E-state index in [4.69, 9.17) is 0 Å². The minimum Gasteiger partial charge on any atom is -0.389 e. The minimum atomic E-state index is -0.701. The fraction of sp³-hybridized carbons (Fsp3) is 0.632. The van der Waals surface area contributed by atoms with Gasteiger partial charge in [0.05, 0.1) is 12.6 Å². The number of fused-ring (bicyclic) bond motifs is 1. The van der Waals surface area contributed by atoms with E-state index in [2.05, 4.69) is 16.5 Å². The summed E-state index contributed by atoms with van der Waals surface area (Å²) in [7, 11) is 0. The highest BCUT2D eigenvalue weighted by Crippen LogP contribution is 2.21. The zero-order valence-corrected chi connectivity index (χ0v) is 15.4. The topological polar surface area (TPSA) is 87.5 Å². The molecule has 0 fully saturated rings. The summed E-state index contributed by atoms with van der Waals surface area (Å²) in [5, 5.41) is 16.8. The molecule has 2 N–H and O–H groups in total. The fourth-order valence-corrected chi connectivity index (χ4v) is 3.57. The Hall–Kier alpha value is -2.15. The van der Waals surface area contributed by atoms with Crippen LogP contribution in [0.5, 0.6) is 0 Å². The van der Waals surface area contributed by atoms with E-state index in [9.17, 15) is 14.7 Å². The number of amides is 2. The van der Waals surface area contributed by atoms with Crippen molar-refractivity contribution in [2.45, 2.75) is 58.1 Å². The first-order valence-electron chi connectivity index (χ1n) is 9.59. The summed E-state index contributed by atoms with van der Waals surface area (Å²) < 4.78 is 1.44. The van der Waals surface area contributed by atoms with Crippen molar-refractivity contribution >= 4 is 11.8 Å². The number of allylic oxidation sites excluding steroid dienone is 1. The van der Waals surface area contributed by atoms with Crippen molar-refractivity contribution in [3.05, 3.63) is 29.1 Å². The lowest BCUT2D eigenvalue weighted by Gasteiger charge is -2.23. The van der Waals surface area contributed by atoms with Gasteiger partial charge in [0.15, 0.2) is 5.69 Å². The van der Waals surface area contributed by atoms with Crippen LogP contribution in [0.2, 0.25) is 0 Å². The zero-order chi connectivity index (χ0) is 18.5. The van der Waals surface area contributed by atoms with Crippen LogP contribution < -0.4 is 5.32 Å². The van der Waals surface area contributed by atoms with E-state index in [1.54, 1.807) is 0 Å². The number of hydrogen-bond donors (Lipinski definition) is 2. The molecule has 1 unspecified atom stereocenters. The van der Waals surface area contributed by atoms with Crippen molar-refractivity contribution in [3.8, 4) is 0 Å². The molecule has 1 atom stereocenters. The average molecular weight is 360 g/mol. The van der Waals surface area contributed by atoms with E-state index in [0.29, 0.717) is 18.8 Å². The molecule has 142 valence electrons. The lowest BCUT2D eigenvalue weighted by Crippen LogP contribution is -2.34. The normalized spacial score (nSPS) is 20.0. The Morgan fingerprint density at radius 1 is 1.42 bits per heavy atom. The molecule has 0 aromatic carbocycles. The maximum Gasteiger partial charge on any atom is 0.274 e. The lowest BCUT2D eigenvalue weighted by molar-refractivity contribution is 0.0748. The third kappa shape index (κ3) is 4.33. The molecule has 7 nitrogen and oxygen atoms in total. The van der Waals surface area contributed by atoms with Gasteiger partial charge in [-0.25, -0.2) is 0 Å². The third-order valence-corrected chi connectivity index (χ3v) is 4.98. The van der Waals surface area contributed by atoms with Crippen molar-refractivity contribution in [1.82, 2.24) is 20.0 Å². The van der Waals surface area contributed by atoms with Crippen LogP contribution in [0.25, 0.3) is 0 Å². The summed E-state index contributed by atoms with van der Waals surface area (Å²) in [6.07, 6.45) is 8.15. The SMILES string of the molecule is CCCN(CCC1=CCCCC1)C(=O)c1cc2n(n1)CC(O)CNC2=O. The van der Waals surface area contributed by atoms with E-state index < -0.39 is 6.10 Å². The van der Waals surface area contributed by atoms with E-state index in [1.807, 2.05) is 11.8 Å². The van der Waals surface area contributed by atoms with Gasteiger partial charge < -0.3 is 15.3 Å². The van der Waals surface area contributed by atoms with Crippen molar-refractivity contribution in [2.75, 3.05) is 19.6 Å². The van der Waals surface area contributed by atoms with Gasteiger partial charge in [-0.05, 0) is 38.5 Å². The summed E-state index contributed by atoms with van der Waals surface area (Å²) in [6.45, 7) is 3.80. The van der Waals surface area contributed by atoms with Gasteiger partial charge >= 0.3 is 0 Å². The molecular formula is C19H28N4O3. The third-order valence-electron chi connectivity index (χ3n) is 4.98. The van der Waals surface area contributed by atoms with E-state index in [1.165, 1.54) is 29.2 Å². The van der Waals surface area contributed by atoms with Gasteiger partial charge in [0.25, 0.3) is 11.8 Å². The van der Waals surface area contributed by atoms with Crippen molar-refractivity contribution < 1.29 is 14.7 Å². The Labute approximate surface area is 154 Å². The van der Waals surface area contributed by atoms with Crippen molar-refractivity contribution in [1.29, 1.82) is 0 Å². The molecule has 2 aliphatic rings. The Kier molecular flexibility index (Phi) is 6.08. The van der Waals surface area contributed by atoms with E-state index in [0.717, 1.165) is 25.7 Å². The zero-order valence-electron chi connectivity index (χ0n) is 15.4. The van der Waals surface area contributed by atoms with E-state index >= 15 is 0 Å². The molecule has 0 bridgehead atoms. The van der Waals surface area contributed by atoms with Gasteiger partial charge in [-0.15, -0.1) is 0 Å². The molecule has 3 rings (SSSR count). The Balaban J connectivity index is 1.72. The highest BCUT2D eigenvalue weighted by Gasteiger charge is 2.26. The van der Waals surface area contributed by atoms with Gasteiger partial charge in [0, 0.05) is 25.7 Å². The standard InChI is InChI=1S/C19H28N4O3/c1-2-9-22(10-8-14-6-4-3-5-7-14)19(26)16-11-17-18(25)20-12-15(24)13-23(17)21-16/h6,11,15,24H,2-5,7-10,12-13H2,1H3,(H,20,25). The Morgan fingerprint density at radius 2 is 2.27 bits per heavy atom. The van der Waals surface area contributed by atoms with Gasteiger partial charge in [-0.3, -0.25) is 14.3 Å². The first kappa shape index (κ1) is 18.6. The number of hydrogen-bond acceptors (Lipinski definition) is 4. The van der Waals surface area contributed by atoms with Crippen LogP contribution in [-0.2, 0) is 6.54 Å². The number of nitrogens with zero attached hydrogens (tertiary/aromatic N) is 3. The molecule has 0 saturated heterocycles. The van der Waals surface area contributed by atoms with Gasteiger partial charge in [-0.1, -0.05) is 18.6 Å². The number of nitrogens with one attached hydrogen (secondary N) is 1. The summed E-state index contributed by atoms with van der Waals surface area (Å²) in [5.41, 5.74) is 2.04. The molecule has 1 aliphatic carbocycles. The number of aliphatic hydroxyl groups excluding tert-OH is 1. The van der Waals surface area contributed by atoms with Gasteiger partial charge in [-0.2, -0.15) is 5.10 Å². The number of aliphatic hydroxyl groups is 1. The Morgan fingerprint density at radius 3 is 3.00 bits per heavy atom. The van der Waals surface area contributed by atoms with Crippen LogP contribution in [-0.4, -0.2) is 57.3 Å². The molecule has 1 aromatic rings. The smallest absolute Gasteiger partial charge is 0.274 e. The highest BCUT2D eigenvalue weighted by molar-refractivity contribution is 5.98. The second-order valence-corrected chi connectivity index (χ2v) is 7.11. The molecule has 0 spiro atoms. The monoisotopic (exact) mass is 360 g/mol. The molecule has 2 amide bonds. The van der Waals surface area contributed by atoms with Crippen LogP contribution in [0.15, 0.2) is 17.7 Å². The quantitative estimate of drug-likeness (QED) is 0.757. The van der Waals surface area contributed by atoms with Crippen molar-refractivity contribution in [2.24, 2.45) is 0 Å². The molecule has 26 heavy (non-hydrogen) atoms. The van der Waals surface area contributed by atoms with E-state index in [-0.39, 0.29) is 30.6 Å². The van der Waals surface area contributed by atoms with Crippen LogP contribution in [0.3, 0.4) is 0 Å². The minimum absolute atomic E-state index is 0.147. The van der Waals surface area contributed by atoms with Crippen molar-refractivity contribution in [3.63, 3.8) is 0 Å². The molecule has 1 aromatic heterocycles. The second-order valence-electron chi connectivity index (χ2n) is 7.11. The number of carbonyl (C=O) groups excluding carboxylic acids is 2. The molecule has 2 heterocycles. The predicted octanol–water partition coefficient (Wildman–Crippen LogP) is 1.73. The molecule has 0 radical (unpaired) electrons. The summed E-state index contributed by atoms with van der Waals surface area (Å²) >= 11 is 0. The molecule has 0 saturated carbocycles. The molecule has 1 aliphatic heterocycles. The number of carbonyl (C=O) groups is 2. The van der Waals surface area contributed by atoms with Crippen LogP contribution in [0.4, 0.5) is 0 Å².